The van der Waals surface area contributed by atoms with Crippen LogP contribution in [0.15, 0.2) is 24.3 Å². The summed E-state index contributed by atoms with van der Waals surface area (Å²) < 4.78 is 0. The maximum absolute atomic E-state index is 12.4. The van der Waals surface area contributed by atoms with Crippen molar-refractivity contribution in [1.29, 1.82) is 0 Å². The van der Waals surface area contributed by atoms with E-state index in [1.165, 1.54) is 4.90 Å². The number of nitrogens with zero attached hydrogens (tertiary/aromatic N) is 2. The van der Waals surface area contributed by atoms with Gasteiger partial charge in [0, 0.05) is 39.4 Å². The predicted molar refractivity (Wildman–Crippen MR) is 89.2 cm³/mol. The summed E-state index contributed by atoms with van der Waals surface area (Å²) in [4.78, 5) is 28.1. The SMILES string of the molecule is CN(C)c1ccc(CNC(=O)N2CC3CNCC(C3)C2=O)cc1. The van der Waals surface area contributed by atoms with Gasteiger partial charge in [-0.15, -0.1) is 0 Å². The monoisotopic (exact) mass is 316 g/mol. The lowest BCUT2D eigenvalue weighted by molar-refractivity contribution is -0.137. The van der Waals surface area contributed by atoms with E-state index in [9.17, 15) is 9.59 Å². The van der Waals surface area contributed by atoms with Crippen molar-refractivity contribution < 1.29 is 9.59 Å². The first-order valence-electron chi connectivity index (χ1n) is 8.11. The summed E-state index contributed by atoms with van der Waals surface area (Å²) in [6, 6.07) is 7.74. The van der Waals surface area contributed by atoms with Crippen molar-refractivity contribution in [3.63, 3.8) is 0 Å². The molecule has 0 spiro atoms. The maximum Gasteiger partial charge on any atom is 0.324 e. The van der Waals surface area contributed by atoms with E-state index in [2.05, 4.69) is 10.6 Å². The zero-order chi connectivity index (χ0) is 16.4. The minimum absolute atomic E-state index is 0.0473. The van der Waals surface area contributed by atoms with E-state index in [4.69, 9.17) is 0 Å². The molecule has 6 nitrogen and oxygen atoms in total. The molecular formula is C17H24N4O2. The van der Waals surface area contributed by atoms with Crippen LogP contribution < -0.4 is 15.5 Å². The molecule has 2 unspecified atom stereocenters. The van der Waals surface area contributed by atoms with Crippen LogP contribution in [0.1, 0.15) is 12.0 Å². The Labute approximate surface area is 136 Å². The third-order valence-corrected chi connectivity index (χ3v) is 4.64. The molecule has 2 saturated heterocycles. The predicted octanol–water partition coefficient (Wildman–Crippen LogP) is 1.03. The van der Waals surface area contributed by atoms with Crippen LogP contribution in [0, 0.1) is 11.8 Å². The van der Waals surface area contributed by atoms with E-state index in [-0.39, 0.29) is 17.9 Å². The normalized spacial score (nSPS) is 23.6. The van der Waals surface area contributed by atoms with Gasteiger partial charge in [0.1, 0.15) is 0 Å². The lowest BCUT2D eigenvalue weighted by Gasteiger charge is -2.39. The first kappa shape index (κ1) is 15.8. The fourth-order valence-electron chi connectivity index (χ4n) is 3.29. The topological polar surface area (TPSA) is 64.7 Å². The second kappa shape index (κ2) is 6.58. The van der Waals surface area contributed by atoms with Gasteiger partial charge in [0.05, 0.1) is 5.92 Å². The van der Waals surface area contributed by atoms with Crippen LogP contribution in [0.25, 0.3) is 0 Å². The molecule has 0 aliphatic carbocycles. The molecule has 3 rings (SSSR count). The van der Waals surface area contributed by atoms with Gasteiger partial charge in [-0.2, -0.15) is 0 Å². The highest BCUT2D eigenvalue weighted by Gasteiger charge is 2.39. The second-order valence-corrected chi connectivity index (χ2v) is 6.63. The Morgan fingerprint density at radius 3 is 2.74 bits per heavy atom. The van der Waals surface area contributed by atoms with Crippen LogP contribution in [-0.4, -0.2) is 50.6 Å². The average Bonchev–Trinajstić information content (AvgIpc) is 2.56. The van der Waals surface area contributed by atoms with Gasteiger partial charge in [-0.3, -0.25) is 9.69 Å². The average molecular weight is 316 g/mol. The first-order valence-corrected chi connectivity index (χ1v) is 8.11. The molecule has 1 aromatic rings. The smallest absolute Gasteiger partial charge is 0.324 e. The van der Waals surface area contributed by atoms with Gasteiger partial charge in [0.2, 0.25) is 5.91 Å². The van der Waals surface area contributed by atoms with Crippen LogP contribution in [0.2, 0.25) is 0 Å². The van der Waals surface area contributed by atoms with Crippen molar-refractivity contribution in [3.8, 4) is 0 Å². The molecule has 1 aromatic carbocycles. The molecule has 2 N–H and O–H groups in total. The van der Waals surface area contributed by atoms with Gasteiger partial charge in [-0.1, -0.05) is 12.1 Å². The van der Waals surface area contributed by atoms with Crippen LogP contribution in [-0.2, 0) is 11.3 Å². The first-order chi connectivity index (χ1) is 11.0. The Kier molecular flexibility index (Phi) is 4.52. The van der Waals surface area contributed by atoms with E-state index < -0.39 is 0 Å². The third kappa shape index (κ3) is 3.47. The molecule has 2 aliphatic rings. The van der Waals surface area contributed by atoms with Crippen molar-refractivity contribution in [2.24, 2.45) is 11.8 Å². The quantitative estimate of drug-likeness (QED) is 0.874. The number of imide groups is 1. The molecule has 2 fully saturated rings. The lowest BCUT2D eigenvalue weighted by Crippen LogP contribution is -2.58. The van der Waals surface area contributed by atoms with E-state index in [0.29, 0.717) is 25.6 Å². The van der Waals surface area contributed by atoms with Gasteiger partial charge in [-0.05, 0) is 36.6 Å². The molecule has 0 aromatic heterocycles. The number of benzene rings is 1. The minimum atomic E-state index is -0.275. The number of carbonyl (C=O) groups is 2. The van der Waals surface area contributed by atoms with Crippen molar-refractivity contribution in [1.82, 2.24) is 15.5 Å². The highest BCUT2D eigenvalue weighted by atomic mass is 16.2. The number of likely N-dealkylation sites (tertiary alicyclic amines) is 1. The number of fused-ring (bicyclic) bond motifs is 2. The van der Waals surface area contributed by atoms with Crippen molar-refractivity contribution in [3.05, 3.63) is 29.8 Å². The Bertz CT molecular complexity index is 585. The van der Waals surface area contributed by atoms with E-state index >= 15 is 0 Å². The van der Waals surface area contributed by atoms with Crippen LogP contribution in [0.3, 0.4) is 0 Å². The summed E-state index contributed by atoms with van der Waals surface area (Å²) in [5.41, 5.74) is 2.14. The lowest BCUT2D eigenvalue weighted by atomic mass is 9.85. The summed E-state index contributed by atoms with van der Waals surface area (Å²) >= 11 is 0. The van der Waals surface area contributed by atoms with Crippen LogP contribution in [0.4, 0.5) is 10.5 Å². The zero-order valence-corrected chi connectivity index (χ0v) is 13.7. The molecule has 2 bridgehead atoms. The van der Waals surface area contributed by atoms with Crippen molar-refractivity contribution in [2.75, 3.05) is 38.6 Å². The fourth-order valence-corrected chi connectivity index (χ4v) is 3.29. The van der Waals surface area contributed by atoms with Crippen LogP contribution in [0.5, 0.6) is 0 Å². The highest BCUT2D eigenvalue weighted by Crippen LogP contribution is 2.25. The van der Waals surface area contributed by atoms with E-state index in [1.807, 2.05) is 43.3 Å². The largest absolute Gasteiger partial charge is 0.378 e. The van der Waals surface area contributed by atoms with Gasteiger partial charge < -0.3 is 15.5 Å². The van der Waals surface area contributed by atoms with Gasteiger partial charge in [0.15, 0.2) is 0 Å². The molecule has 3 amide bonds. The molecule has 23 heavy (non-hydrogen) atoms. The Morgan fingerprint density at radius 1 is 1.30 bits per heavy atom. The zero-order valence-electron chi connectivity index (χ0n) is 13.7. The highest BCUT2D eigenvalue weighted by molar-refractivity contribution is 5.96. The summed E-state index contributed by atoms with van der Waals surface area (Å²) in [6.07, 6.45) is 0.904. The van der Waals surface area contributed by atoms with Crippen LogP contribution >= 0.6 is 0 Å². The third-order valence-electron chi connectivity index (χ3n) is 4.64. The number of anilines is 1. The summed E-state index contributed by atoms with van der Waals surface area (Å²) in [5.74, 6) is 0.290. The number of urea groups is 1. The number of piperidine rings is 2. The molecule has 6 heteroatoms. The van der Waals surface area contributed by atoms with Crippen molar-refractivity contribution in [2.45, 2.75) is 13.0 Å². The number of amides is 3. The Balaban J connectivity index is 1.57. The summed E-state index contributed by atoms with van der Waals surface area (Å²) in [6.45, 7) is 2.53. The maximum atomic E-state index is 12.4. The number of carbonyl (C=O) groups excluding carboxylic acids is 2. The van der Waals surface area contributed by atoms with E-state index in [1.54, 1.807) is 0 Å². The molecule has 0 radical (unpaired) electrons. The molecule has 124 valence electrons. The fraction of sp³-hybridized carbons (Fsp3) is 0.529. The Hall–Kier alpha value is -2.08. The molecule has 2 atom stereocenters. The van der Waals surface area contributed by atoms with Gasteiger partial charge >= 0.3 is 6.03 Å². The molecule has 2 aliphatic heterocycles. The van der Waals surface area contributed by atoms with Gasteiger partial charge in [-0.25, -0.2) is 4.79 Å². The van der Waals surface area contributed by atoms with Crippen molar-refractivity contribution >= 4 is 17.6 Å². The number of hydrogen-bond acceptors (Lipinski definition) is 4. The summed E-state index contributed by atoms with van der Waals surface area (Å²) in [5, 5.41) is 6.13. The Morgan fingerprint density at radius 2 is 2.04 bits per heavy atom. The molecule has 0 saturated carbocycles. The minimum Gasteiger partial charge on any atom is -0.378 e. The standard InChI is InChI=1S/C17H24N4O2/c1-20(2)15-5-3-12(4-6-15)9-19-17(23)21-11-13-7-14(16(21)22)10-18-8-13/h3-6,13-14,18H,7-11H2,1-2H3,(H,19,23). The molecule has 2 heterocycles. The number of hydrogen-bond donors (Lipinski definition) is 2. The molecular weight excluding hydrogens is 292 g/mol. The van der Waals surface area contributed by atoms with Gasteiger partial charge in [0.25, 0.3) is 0 Å². The number of rotatable bonds is 3. The van der Waals surface area contributed by atoms with E-state index in [0.717, 1.165) is 24.2 Å². The summed E-state index contributed by atoms with van der Waals surface area (Å²) in [7, 11) is 3.98. The second-order valence-electron chi connectivity index (χ2n) is 6.63. The number of nitrogens with one attached hydrogen (secondary N) is 2.